The highest BCUT2D eigenvalue weighted by molar-refractivity contribution is 7.97. The average Bonchev–Trinajstić information content (AvgIpc) is 2.48. The predicted molar refractivity (Wildman–Crippen MR) is 86.6 cm³/mol. The molecule has 5 heteroatoms. The van der Waals surface area contributed by atoms with Crippen LogP contribution in [-0.2, 0) is 14.8 Å². The Labute approximate surface area is 131 Å². The zero-order valence-corrected chi connectivity index (χ0v) is 13.6. The van der Waals surface area contributed by atoms with Crippen molar-refractivity contribution in [2.24, 2.45) is 5.92 Å². The molecule has 0 N–H and O–H groups in total. The monoisotopic (exact) mass is 317 g/mol. The molecule has 116 valence electrons. The van der Waals surface area contributed by atoms with Crippen LogP contribution in [0.25, 0.3) is 0 Å². The molecule has 2 aliphatic rings. The molecule has 22 heavy (non-hydrogen) atoms. The molecular formula is C17H19NO3S. The van der Waals surface area contributed by atoms with Crippen molar-refractivity contribution >= 4 is 22.0 Å². The van der Waals surface area contributed by atoms with Crippen LogP contribution in [0.3, 0.4) is 0 Å². The Morgan fingerprint density at radius 1 is 1.23 bits per heavy atom. The number of nitrogens with zero attached hydrogens (tertiary/aromatic N) is 1. The SMILES string of the molecule is CC1=C(C=O)S(=O)(=O)N(c2ccccc2)C2=C1CCC(C)C2. The van der Waals surface area contributed by atoms with Gasteiger partial charge in [-0.15, -0.1) is 0 Å². The van der Waals surface area contributed by atoms with Gasteiger partial charge in [0.25, 0.3) is 10.0 Å². The summed E-state index contributed by atoms with van der Waals surface area (Å²) in [4.78, 5) is 11.3. The standard InChI is InChI=1S/C17H19NO3S/c1-12-8-9-15-13(2)17(11-19)22(20,21)18(16(15)10-12)14-6-4-3-5-7-14/h3-7,11-12H,8-10H2,1-2H3. The first-order chi connectivity index (χ1) is 10.5. The minimum absolute atomic E-state index is 0.107. The van der Waals surface area contributed by atoms with Gasteiger partial charge in [-0.05, 0) is 55.4 Å². The van der Waals surface area contributed by atoms with Gasteiger partial charge in [-0.1, -0.05) is 25.1 Å². The van der Waals surface area contributed by atoms with Crippen LogP contribution in [0.5, 0.6) is 0 Å². The van der Waals surface area contributed by atoms with Gasteiger partial charge in [0.2, 0.25) is 0 Å². The third-order valence-electron chi connectivity index (χ3n) is 4.46. The van der Waals surface area contributed by atoms with Gasteiger partial charge in [-0.2, -0.15) is 0 Å². The molecule has 0 fully saturated rings. The number of hydrogen-bond acceptors (Lipinski definition) is 3. The first kappa shape index (κ1) is 15.0. The van der Waals surface area contributed by atoms with Gasteiger partial charge in [0, 0.05) is 5.70 Å². The van der Waals surface area contributed by atoms with Gasteiger partial charge in [-0.25, -0.2) is 12.7 Å². The zero-order valence-electron chi connectivity index (χ0n) is 12.7. The summed E-state index contributed by atoms with van der Waals surface area (Å²) in [6.07, 6.45) is 3.03. The molecule has 0 aromatic heterocycles. The summed E-state index contributed by atoms with van der Waals surface area (Å²) >= 11 is 0. The number of hydrogen-bond donors (Lipinski definition) is 0. The number of sulfonamides is 1. The molecule has 4 nitrogen and oxygen atoms in total. The van der Waals surface area contributed by atoms with Gasteiger partial charge in [0.1, 0.15) is 4.91 Å². The van der Waals surface area contributed by atoms with E-state index in [1.807, 2.05) is 18.2 Å². The third kappa shape index (κ3) is 2.20. The maximum Gasteiger partial charge on any atom is 0.271 e. The summed E-state index contributed by atoms with van der Waals surface area (Å²) in [5.41, 5.74) is 3.05. The van der Waals surface area contributed by atoms with Crippen LogP contribution in [0.4, 0.5) is 5.69 Å². The second kappa shape index (κ2) is 5.39. The smallest absolute Gasteiger partial charge is 0.271 e. The fraction of sp³-hybridized carbons (Fsp3) is 0.353. The van der Waals surface area contributed by atoms with Crippen LogP contribution < -0.4 is 4.31 Å². The summed E-state index contributed by atoms with van der Waals surface area (Å²) < 4.78 is 27.2. The Balaban J connectivity index is 2.27. The van der Waals surface area contributed by atoms with Crippen LogP contribution in [0.15, 0.2) is 52.1 Å². The average molecular weight is 317 g/mol. The van der Waals surface area contributed by atoms with E-state index in [1.165, 1.54) is 4.31 Å². The highest BCUT2D eigenvalue weighted by Crippen LogP contribution is 2.44. The van der Waals surface area contributed by atoms with Crippen molar-refractivity contribution in [3.63, 3.8) is 0 Å². The summed E-state index contributed by atoms with van der Waals surface area (Å²) in [7, 11) is -3.82. The molecule has 0 saturated carbocycles. The zero-order chi connectivity index (χ0) is 15.9. The fourth-order valence-corrected chi connectivity index (χ4v) is 5.00. The van der Waals surface area contributed by atoms with E-state index in [-0.39, 0.29) is 4.91 Å². The molecule has 0 radical (unpaired) electrons. The van der Waals surface area contributed by atoms with E-state index < -0.39 is 10.0 Å². The Morgan fingerprint density at radius 3 is 2.55 bits per heavy atom. The summed E-state index contributed by atoms with van der Waals surface area (Å²) in [5.74, 6) is 0.436. The highest BCUT2D eigenvalue weighted by atomic mass is 32.2. The highest BCUT2D eigenvalue weighted by Gasteiger charge is 2.39. The largest absolute Gasteiger partial charge is 0.297 e. The van der Waals surface area contributed by atoms with Crippen LogP contribution in [0.1, 0.15) is 33.1 Å². The Morgan fingerprint density at radius 2 is 1.91 bits per heavy atom. The number of aldehydes is 1. The van der Waals surface area contributed by atoms with E-state index in [2.05, 4.69) is 6.92 Å². The number of benzene rings is 1. The Bertz CT molecular complexity index is 775. The minimum Gasteiger partial charge on any atom is -0.297 e. The topological polar surface area (TPSA) is 54.5 Å². The van der Waals surface area contributed by atoms with E-state index in [0.717, 1.165) is 24.1 Å². The van der Waals surface area contributed by atoms with Gasteiger partial charge in [0.15, 0.2) is 6.29 Å². The van der Waals surface area contributed by atoms with Gasteiger partial charge in [0.05, 0.1) is 5.69 Å². The molecule has 1 heterocycles. The lowest BCUT2D eigenvalue weighted by Crippen LogP contribution is -2.38. The van der Waals surface area contributed by atoms with Crippen molar-refractivity contribution in [2.45, 2.75) is 33.1 Å². The minimum atomic E-state index is -3.82. The lowest BCUT2D eigenvalue weighted by Gasteiger charge is -2.37. The quantitative estimate of drug-likeness (QED) is 0.786. The van der Waals surface area contributed by atoms with E-state index in [4.69, 9.17) is 0 Å². The summed E-state index contributed by atoms with van der Waals surface area (Å²) in [6, 6.07) is 9.00. The lowest BCUT2D eigenvalue weighted by molar-refractivity contribution is -0.104. The van der Waals surface area contributed by atoms with Gasteiger partial charge >= 0.3 is 0 Å². The van der Waals surface area contributed by atoms with E-state index >= 15 is 0 Å². The number of carbonyl (C=O) groups is 1. The molecule has 0 saturated heterocycles. The third-order valence-corrected chi connectivity index (χ3v) is 6.33. The molecular weight excluding hydrogens is 298 g/mol. The number of rotatable bonds is 2. The van der Waals surface area contributed by atoms with E-state index in [9.17, 15) is 13.2 Å². The van der Waals surface area contributed by atoms with E-state index in [1.54, 1.807) is 19.1 Å². The maximum absolute atomic E-state index is 12.9. The van der Waals surface area contributed by atoms with Crippen LogP contribution in [0, 0.1) is 5.92 Å². The lowest BCUT2D eigenvalue weighted by atomic mass is 9.85. The number of carbonyl (C=O) groups excluding carboxylic acids is 1. The molecule has 1 unspecified atom stereocenters. The van der Waals surface area contributed by atoms with Crippen molar-refractivity contribution in [2.75, 3.05) is 4.31 Å². The summed E-state index contributed by atoms with van der Waals surface area (Å²) in [5, 5.41) is 0. The Kier molecular flexibility index (Phi) is 3.68. The molecule has 1 aliphatic heterocycles. The normalized spacial score (nSPS) is 24.3. The second-order valence-corrected chi connectivity index (χ2v) is 7.74. The molecule has 1 aromatic rings. The molecule has 1 aromatic carbocycles. The molecule has 3 rings (SSSR count). The number of allylic oxidation sites excluding steroid dienone is 4. The van der Waals surface area contributed by atoms with Crippen molar-refractivity contribution in [3.05, 3.63) is 52.1 Å². The van der Waals surface area contributed by atoms with Gasteiger partial charge < -0.3 is 0 Å². The fourth-order valence-electron chi connectivity index (χ4n) is 3.29. The number of anilines is 1. The van der Waals surface area contributed by atoms with Crippen molar-refractivity contribution in [1.82, 2.24) is 0 Å². The van der Waals surface area contributed by atoms with Crippen molar-refractivity contribution in [3.8, 4) is 0 Å². The van der Waals surface area contributed by atoms with Gasteiger partial charge in [-0.3, -0.25) is 4.79 Å². The van der Waals surface area contributed by atoms with Crippen molar-refractivity contribution in [1.29, 1.82) is 0 Å². The molecule has 0 amide bonds. The maximum atomic E-state index is 12.9. The molecule has 0 spiro atoms. The summed E-state index contributed by atoms with van der Waals surface area (Å²) in [6.45, 7) is 3.88. The van der Waals surface area contributed by atoms with E-state index in [0.29, 0.717) is 29.9 Å². The Hall–Kier alpha value is -1.88. The molecule has 1 atom stereocenters. The molecule has 1 aliphatic carbocycles. The van der Waals surface area contributed by atoms with Crippen LogP contribution in [-0.4, -0.2) is 14.7 Å². The molecule has 0 bridgehead atoms. The van der Waals surface area contributed by atoms with Crippen LogP contribution in [0.2, 0.25) is 0 Å². The first-order valence-corrected chi connectivity index (χ1v) is 8.89. The predicted octanol–water partition coefficient (Wildman–Crippen LogP) is 3.38. The number of para-hydroxylation sites is 1. The van der Waals surface area contributed by atoms with Crippen molar-refractivity contribution < 1.29 is 13.2 Å². The first-order valence-electron chi connectivity index (χ1n) is 7.45. The van der Waals surface area contributed by atoms with Crippen LogP contribution >= 0.6 is 0 Å². The second-order valence-electron chi connectivity index (χ2n) is 5.99.